The number of fused-ring (bicyclic) bond motifs is 2. The Morgan fingerprint density at radius 1 is 1.09 bits per heavy atom. The molecule has 2 aliphatic heterocycles. The summed E-state index contributed by atoms with van der Waals surface area (Å²) in [7, 11) is 0. The molecular weight excluding hydrogens is 600 g/mol. The van der Waals surface area contributed by atoms with E-state index in [-0.39, 0.29) is 53.3 Å². The predicted molar refractivity (Wildman–Crippen MR) is 140 cm³/mol. The topological polar surface area (TPSA) is 122 Å². The van der Waals surface area contributed by atoms with Crippen LogP contribution in [0.5, 0.6) is 10.9 Å². The summed E-state index contributed by atoms with van der Waals surface area (Å²) < 4.78 is 87.8. The molecule has 4 heterocycles. The predicted octanol–water partition coefficient (Wildman–Crippen LogP) is 5.70. The Bertz CT molecular complexity index is 1690. The number of aromatic carboxylic acids is 1. The minimum atomic E-state index is -4.88. The molecule has 1 aliphatic carbocycles. The molecule has 3 fully saturated rings. The first-order valence-electron chi connectivity index (χ1n) is 13.3. The van der Waals surface area contributed by atoms with Gasteiger partial charge < -0.3 is 33.3 Å². The highest BCUT2D eigenvalue weighted by molar-refractivity contribution is 7.20. The van der Waals surface area contributed by atoms with Gasteiger partial charge in [0.2, 0.25) is 0 Å². The van der Waals surface area contributed by atoms with E-state index in [2.05, 4.69) is 14.9 Å². The van der Waals surface area contributed by atoms with Gasteiger partial charge >= 0.3 is 12.3 Å². The van der Waals surface area contributed by atoms with Crippen molar-refractivity contribution in [2.45, 2.75) is 56.1 Å². The SMILES string of the molecule is O=C(O)c1cc(F)c2nc(OC3CO[C@@H]4C(OCc5c(-c6ccccc6OC(F)(F)F)noc5C5CC5)CO[C@H]34)sc2c1. The zero-order valence-electron chi connectivity index (χ0n) is 22.0. The number of aromatic nitrogens is 2. The number of benzene rings is 2. The van der Waals surface area contributed by atoms with E-state index in [9.17, 15) is 27.5 Å². The lowest BCUT2D eigenvalue weighted by molar-refractivity contribution is -0.274. The Balaban J connectivity index is 1.06. The minimum absolute atomic E-state index is 0.00668. The molecule has 0 radical (unpaired) electrons. The van der Waals surface area contributed by atoms with Crippen LogP contribution in [0.2, 0.25) is 0 Å². The van der Waals surface area contributed by atoms with Gasteiger partial charge in [0.25, 0.3) is 5.19 Å². The molecule has 226 valence electrons. The molecule has 2 unspecified atom stereocenters. The molecule has 1 N–H and O–H groups in total. The van der Waals surface area contributed by atoms with Crippen LogP contribution in [-0.2, 0) is 20.8 Å². The molecule has 0 bridgehead atoms. The molecule has 4 aromatic rings. The van der Waals surface area contributed by atoms with Crippen molar-refractivity contribution in [2.24, 2.45) is 0 Å². The molecule has 3 aliphatic rings. The van der Waals surface area contributed by atoms with Gasteiger partial charge in [-0.25, -0.2) is 9.18 Å². The monoisotopic (exact) mass is 622 g/mol. The van der Waals surface area contributed by atoms with Gasteiger partial charge in [-0.3, -0.25) is 0 Å². The summed E-state index contributed by atoms with van der Waals surface area (Å²) >= 11 is 1.01. The summed E-state index contributed by atoms with van der Waals surface area (Å²) in [6.07, 6.45) is -5.29. The number of carboxylic acid groups (broad SMARTS) is 1. The first kappa shape index (κ1) is 28.0. The summed E-state index contributed by atoms with van der Waals surface area (Å²) in [5.41, 5.74) is 0.683. The van der Waals surface area contributed by atoms with E-state index >= 15 is 0 Å². The van der Waals surface area contributed by atoms with Crippen LogP contribution >= 0.6 is 11.3 Å². The van der Waals surface area contributed by atoms with Gasteiger partial charge in [0.1, 0.15) is 41.0 Å². The van der Waals surface area contributed by atoms with Crippen molar-refractivity contribution in [3.05, 3.63) is 59.1 Å². The number of carboxylic acids is 1. The second-order valence-corrected chi connectivity index (χ2v) is 11.4. The average Bonchev–Trinajstić information content (AvgIpc) is 3.26. The van der Waals surface area contributed by atoms with E-state index in [0.29, 0.717) is 16.0 Å². The van der Waals surface area contributed by atoms with Gasteiger partial charge in [-0.2, -0.15) is 4.98 Å². The molecule has 7 rings (SSSR count). The Hall–Kier alpha value is -3.79. The fraction of sp³-hybridized carbons (Fsp3) is 0.393. The lowest BCUT2D eigenvalue weighted by Gasteiger charge is -2.17. The smallest absolute Gasteiger partial charge is 0.478 e. The van der Waals surface area contributed by atoms with Crippen LogP contribution in [0.15, 0.2) is 40.9 Å². The average molecular weight is 623 g/mol. The van der Waals surface area contributed by atoms with Crippen molar-refractivity contribution >= 4 is 27.5 Å². The summed E-state index contributed by atoms with van der Waals surface area (Å²) in [6, 6.07) is 7.95. The van der Waals surface area contributed by atoms with Crippen molar-refractivity contribution in [3.63, 3.8) is 0 Å². The summed E-state index contributed by atoms with van der Waals surface area (Å²) in [5, 5.41) is 13.4. The summed E-state index contributed by atoms with van der Waals surface area (Å²) in [6.45, 7) is 0.293. The highest BCUT2D eigenvalue weighted by Gasteiger charge is 2.50. The van der Waals surface area contributed by atoms with Gasteiger partial charge in [0, 0.05) is 17.0 Å². The Morgan fingerprint density at radius 3 is 2.58 bits per heavy atom. The number of alkyl halides is 3. The number of carbonyl (C=O) groups is 1. The third-order valence-electron chi connectivity index (χ3n) is 7.47. The van der Waals surface area contributed by atoms with Gasteiger partial charge in [-0.15, -0.1) is 13.2 Å². The van der Waals surface area contributed by atoms with Crippen molar-refractivity contribution in [1.82, 2.24) is 10.1 Å². The van der Waals surface area contributed by atoms with Crippen LogP contribution < -0.4 is 9.47 Å². The molecular formula is C28H22F4N2O8S. The van der Waals surface area contributed by atoms with Crippen molar-refractivity contribution in [1.29, 1.82) is 0 Å². The second kappa shape index (κ2) is 10.7. The van der Waals surface area contributed by atoms with Crippen LogP contribution in [0, 0.1) is 5.82 Å². The second-order valence-electron chi connectivity index (χ2n) is 10.4. The molecule has 1 saturated carbocycles. The highest BCUT2D eigenvalue weighted by Crippen LogP contribution is 2.46. The number of rotatable bonds is 9. The zero-order valence-corrected chi connectivity index (χ0v) is 22.8. The molecule has 0 amide bonds. The molecule has 15 heteroatoms. The van der Waals surface area contributed by atoms with E-state index in [0.717, 1.165) is 30.2 Å². The van der Waals surface area contributed by atoms with Crippen LogP contribution in [0.3, 0.4) is 0 Å². The third kappa shape index (κ3) is 5.53. The van der Waals surface area contributed by atoms with E-state index in [1.165, 1.54) is 24.3 Å². The van der Waals surface area contributed by atoms with Gasteiger partial charge in [0.15, 0.2) is 11.9 Å². The number of ether oxygens (including phenoxy) is 5. The normalized spacial score (nSPS) is 23.5. The fourth-order valence-corrected chi connectivity index (χ4v) is 6.27. The third-order valence-corrected chi connectivity index (χ3v) is 8.36. The number of para-hydroxylation sites is 1. The lowest BCUT2D eigenvalue weighted by Crippen LogP contribution is -2.35. The largest absolute Gasteiger partial charge is 0.573 e. The Kier molecular flexibility index (Phi) is 6.99. The molecule has 10 nitrogen and oxygen atoms in total. The van der Waals surface area contributed by atoms with Crippen LogP contribution in [0.4, 0.5) is 17.6 Å². The first-order valence-corrected chi connectivity index (χ1v) is 14.1. The summed E-state index contributed by atoms with van der Waals surface area (Å²) in [5.74, 6) is -1.75. The maximum atomic E-state index is 14.4. The molecule has 2 aromatic carbocycles. The maximum absolute atomic E-state index is 14.4. The molecule has 4 atom stereocenters. The number of nitrogens with zero attached hydrogens (tertiary/aromatic N) is 2. The van der Waals surface area contributed by atoms with Crippen LogP contribution in [-0.4, -0.2) is 65.2 Å². The lowest BCUT2D eigenvalue weighted by atomic mass is 10.0. The van der Waals surface area contributed by atoms with Gasteiger partial charge in [-0.05, 0) is 37.1 Å². The van der Waals surface area contributed by atoms with E-state index in [4.69, 9.17) is 23.5 Å². The molecule has 0 spiro atoms. The number of thiazole rings is 1. The van der Waals surface area contributed by atoms with E-state index < -0.39 is 48.3 Å². The van der Waals surface area contributed by atoms with Crippen molar-refractivity contribution < 1.29 is 55.7 Å². The Morgan fingerprint density at radius 2 is 1.84 bits per heavy atom. The molecule has 43 heavy (non-hydrogen) atoms. The molecule has 2 aromatic heterocycles. The number of hydrogen-bond acceptors (Lipinski definition) is 10. The maximum Gasteiger partial charge on any atom is 0.573 e. The standard InChI is InChI=1S/C28H22F4N2O8S/c29-16-7-13(26(35)36)8-20-22(16)33-27(43-20)40-19-11-39-24-18(10-38-25(19)24)37-9-15-21(34-42-23(15)12-5-6-12)14-3-1-2-4-17(14)41-28(30,31)32/h1-4,7-8,12,18-19,24-25H,5-6,9-11H2,(H,35,36)/t18?,19?,24-,25-/m1/s1. The summed E-state index contributed by atoms with van der Waals surface area (Å²) in [4.78, 5) is 15.4. The zero-order chi connectivity index (χ0) is 29.9. The van der Waals surface area contributed by atoms with Gasteiger partial charge in [0.05, 0.1) is 30.1 Å². The first-order chi connectivity index (χ1) is 20.6. The van der Waals surface area contributed by atoms with Crippen LogP contribution in [0.25, 0.3) is 21.5 Å². The van der Waals surface area contributed by atoms with Crippen molar-refractivity contribution in [2.75, 3.05) is 13.2 Å². The van der Waals surface area contributed by atoms with Gasteiger partial charge in [-0.1, -0.05) is 28.6 Å². The van der Waals surface area contributed by atoms with E-state index in [1.807, 2.05) is 0 Å². The Labute approximate surface area is 244 Å². The highest BCUT2D eigenvalue weighted by atomic mass is 32.1. The van der Waals surface area contributed by atoms with Crippen molar-refractivity contribution in [3.8, 4) is 22.2 Å². The number of halogens is 4. The van der Waals surface area contributed by atoms with E-state index in [1.54, 1.807) is 6.07 Å². The molecule has 2 saturated heterocycles. The fourth-order valence-electron chi connectivity index (χ4n) is 5.35. The minimum Gasteiger partial charge on any atom is -0.478 e. The van der Waals surface area contributed by atoms with Crippen LogP contribution in [0.1, 0.15) is 40.4 Å². The number of hydrogen-bond donors (Lipinski definition) is 1. The quantitative estimate of drug-likeness (QED) is 0.233.